The lowest BCUT2D eigenvalue weighted by atomic mass is 9.81. The summed E-state index contributed by atoms with van der Waals surface area (Å²) in [5.74, 6) is -2.26. The van der Waals surface area contributed by atoms with Crippen molar-refractivity contribution in [2.75, 3.05) is 13.2 Å². The Hall–Kier alpha value is -1.73. The van der Waals surface area contributed by atoms with Gasteiger partial charge in [0.15, 0.2) is 0 Å². The van der Waals surface area contributed by atoms with E-state index in [0.29, 0.717) is 6.54 Å². The Morgan fingerprint density at radius 2 is 2.08 bits per heavy atom. The quantitative estimate of drug-likeness (QED) is 0.660. The normalized spacial score (nSPS) is 32.3. The first-order valence-corrected chi connectivity index (χ1v) is 9.08. The molecule has 2 aliphatic heterocycles. The molecule has 0 aliphatic carbocycles. The number of likely N-dealkylation sites (tertiary alicyclic amines) is 1. The molecule has 130 valence electrons. The summed E-state index contributed by atoms with van der Waals surface area (Å²) in [5.41, 5.74) is -0.141. The number of nitrogens with one attached hydrogen (secondary N) is 1. The first kappa shape index (κ1) is 17.1. The fourth-order valence-electron chi connectivity index (χ4n) is 3.91. The van der Waals surface area contributed by atoms with Gasteiger partial charge < -0.3 is 4.74 Å². The lowest BCUT2D eigenvalue weighted by molar-refractivity contribution is -0.155. The number of imide groups is 1. The van der Waals surface area contributed by atoms with Crippen molar-refractivity contribution in [1.29, 1.82) is 0 Å². The molecule has 2 fully saturated rings. The molecule has 1 N–H and O–H groups in total. The van der Waals surface area contributed by atoms with E-state index in [1.54, 1.807) is 20.8 Å². The largest absolute Gasteiger partial charge is 0.465 e. The summed E-state index contributed by atoms with van der Waals surface area (Å²) in [6.07, 6.45) is 0. The molecule has 6 nitrogen and oxygen atoms in total. The summed E-state index contributed by atoms with van der Waals surface area (Å²) in [4.78, 5) is 40.5. The summed E-state index contributed by atoms with van der Waals surface area (Å²) < 4.78 is 5.21. The molecule has 1 aromatic heterocycles. The van der Waals surface area contributed by atoms with Crippen LogP contribution in [0.5, 0.6) is 0 Å². The van der Waals surface area contributed by atoms with Crippen molar-refractivity contribution < 1.29 is 19.1 Å². The van der Waals surface area contributed by atoms with E-state index in [0.717, 1.165) is 10.4 Å². The molecule has 0 spiro atoms. The Kier molecular flexibility index (Phi) is 4.25. The van der Waals surface area contributed by atoms with Crippen LogP contribution in [0.15, 0.2) is 11.4 Å². The molecule has 1 aromatic rings. The fraction of sp³-hybridized carbons (Fsp3) is 0.588. The van der Waals surface area contributed by atoms with Gasteiger partial charge in [-0.1, -0.05) is 0 Å². The zero-order valence-corrected chi connectivity index (χ0v) is 15.1. The number of aryl methyl sites for hydroxylation is 1. The second kappa shape index (κ2) is 5.97. The van der Waals surface area contributed by atoms with Crippen LogP contribution in [-0.2, 0) is 19.1 Å². The van der Waals surface area contributed by atoms with Crippen LogP contribution in [0.4, 0.5) is 0 Å². The summed E-state index contributed by atoms with van der Waals surface area (Å²) in [6, 6.07) is 1.63. The van der Waals surface area contributed by atoms with Crippen molar-refractivity contribution in [3.05, 3.63) is 21.9 Å². The average molecular weight is 350 g/mol. The summed E-state index contributed by atoms with van der Waals surface area (Å²) in [6.45, 7) is 7.71. The topological polar surface area (TPSA) is 75.7 Å². The minimum atomic E-state index is -1.20. The van der Waals surface area contributed by atoms with Gasteiger partial charge in [0.25, 0.3) is 0 Å². The van der Waals surface area contributed by atoms with Crippen LogP contribution < -0.4 is 5.32 Å². The van der Waals surface area contributed by atoms with E-state index in [-0.39, 0.29) is 24.5 Å². The molecule has 2 amide bonds. The number of fused-ring (bicyclic) bond motifs is 1. The van der Waals surface area contributed by atoms with Crippen molar-refractivity contribution in [3.63, 3.8) is 0 Å². The molecular weight excluding hydrogens is 328 g/mol. The van der Waals surface area contributed by atoms with Gasteiger partial charge in [-0.15, -0.1) is 11.3 Å². The molecule has 0 radical (unpaired) electrons. The summed E-state index contributed by atoms with van der Waals surface area (Å²) in [5, 5.41) is 5.23. The van der Waals surface area contributed by atoms with Crippen LogP contribution in [0.3, 0.4) is 0 Å². The predicted octanol–water partition coefficient (Wildman–Crippen LogP) is 1.64. The monoisotopic (exact) mass is 350 g/mol. The highest BCUT2D eigenvalue weighted by Gasteiger charge is 2.67. The number of esters is 1. The standard InChI is InChI=1S/C17H22N2O4S/c1-5-19-14(20)10-11(15(19)21)17(4,16(22)23-6-2)18-12(10)13-9(3)7-8-24-13/h7-8,10-12,18H,5-6H2,1-4H3/t10-,11-,12-,17+/m0/s1. The van der Waals surface area contributed by atoms with Crippen LogP contribution in [-0.4, -0.2) is 41.4 Å². The molecule has 3 rings (SSSR count). The number of nitrogens with zero attached hydrogens (tertiary/aromatic N) is 1. The van der Waals surface area contributed by atoms with Crippen LogP contribution in [0, 0.1) is 18.8 Å². The molecule has 7 heteroatoms. The van der Waals surface area contributed by atoms with Gasteiger partial charge in [-0.25, -0.2) is 0 Å². The zero-order valence-electron chi connectivity index (χ0n) is 14.3. The van der Waals surface area contributed by atoms with Gasteiger partial charge in [0.2, 0.25) is 11.8 Å². The number of ether oxygens (including phenoxy) is 1. The van der Waals surface area contributed by atoms with Crippen LogP contribution >= 0.6 is 11.3 Å². The minimum absolute atomic E-state index is 0.203. The Balaban J connectivity index is 2.09. The first-order chi connectivity index (χ1) is 11.4. The lowest BCUT2D eigenvalue weighted by Gasteiger charge is -2.28. The van der Waals surface area contributed by atoms with Crippen molar-refractivity contribution in [3.8, 4) is 0 Å². The van der Waals surface area contributed by atoms with Crippen molar-refractivity contribution in [1.82, 2.24) is 10.2 Å². The second-order valence-electron chi connectivity index (χ2n) is 6.44. The Morgan fingerprint density at radius 3 is 2.62 bits per heavy atom. The highest BCUT2D eigenvalue weighted by Crippen LogP contribution is 2.50. The van der Waals surface area contributed by atoms with Gasteiger partial charge in [-0.2, -0.15) is 0 Å². The van der Waals surface area contributed by atoms with E-state index in [2.05, 4.69) is 5.32 Å². The van der Waals surface area contributed by atoms with E-state index < -0.39 is 23.3 Å². The highest BCUT2D eigenvalue weighted by atomic mass is 32.1. The Labute approximate surface area is 145 Å². The molecule has 24 heavy (non-hydrogen) atoms. The Morgan fingerprint density at radius 1 is 1.38 bits per heavy atom. The predicted molar refractivity (Wildman–Crippen MR) is 89.3 cm³/mol. The van der Waals surface area contributed by atoms with E-state index in [1.165, 1.54) is 16.2 Å². The molecule has 3 heterocycles. The lowest BCUT2D eigenvalue weighted by Crippen LogP contribution is -2.54. The van der Waals surface area contributed by atoms with Crippen molar-refractivity contribution in [2.45, 2.75) is 39.3 Å². The molecule has 2 aliphatic rings. The van der Waals surface area contributed by atoms with Crippen LogP contribution in [0.25, 0.3) is 0 Å². The number of carbonyl (C=O) groups is 3. The van der Waals surface area contributed by atoms with E-state index >= 15 is 0 Å². The van der Waals surface area contributed by atoms with Gasteiger partial charge in [0.05, 0.1) is 24.5 Å². The molecule has 0 unspecified atom stereocenters. The number of thiophene rings is 1. The second-order valence-corrected chi connectivity index (χ2v) is 7.38. The average Bonchev–Trinajstić information content (AvgIpc) is 3.16. The summed E-state index contributed by atoms with van der Waals surface area (Å²) >= 11 is 1.54. The first-order valence-electron chi connectivity index (χ1n) is 8.20. The number of amides is 2. The molecule has 0 aromatic carbocycles. The number of carbonyl (C=O) groups excluding carboxylic acids is 3. The van der Waals surface area contributed by atoms with Gasteiger partial charge in [0, 0.05) is 11.4 Å². The molecule has 4 atom stereocenters. The SMILES string of the molecule is CCOC(=O)[C@]1(C)N[C@H](c2sccc2C)[C@H]2C(=O)N(CC)C(=O)[C@H]21. The van der Waals surface area contributed by atoms with Gasteiger partial charge in [0.1, 0.15) is 5.54 Å². The van der Waals surface area contributed by atoms with Crippen molar-refractivity contribution >= 4 is 29.1 Å². The van der Waals surface area contributed by atoms with Gasteiger partial charge in [-0.3, -0.25) is 24.6 Å². The molecule has 2 saturated heterocycles. The number of rotatable bonds is 4. The maximum atomic E-state index is 12.8. The number of hydrogen-bond donors (Lipinski definition) is 1. The van der Waals surface area contributed by atoms with Gasteiger partial charge >= 0.3 is 5.97 Å². The third kappa shape index (κ3) is 2.22. The maximum Gasteiger partial charge on any atom is 0.326 e. The van der Waals surface area contributed by atoms with Crippen molar-refractivity contribution in [2.24, 2.45) is 11.8 Å². The van der Waals surface area contributed by atoms with E-state index in [4.69, 9.17) is 4.74 Å². The maximum absolute atomic E-state index is 12.8. The minimum Gasteiger partial charge on any atom is -0.465 e. The third-order valence-electron chi connectivity index (χ3n) is 5.08. The molecule has 0 saturated carbocycles. The zero-order chi connectivity index (χ0) is 17.6. The smallest absolute Gasteiger partial charge is 0.326 e. The van der Waals surface area contributed by atoms with Crippen LogP contribution in [0.1, 0.15) is 37.3 Å². The Bertz CT molecular complexity index is 701. The number of hydrogen-bond acceptors (Lipinski definition) is 6. The molecule has 0 bridgehead atoms. The fourth-order valence-corrected chi connectivity index (χ4v) is 4.93. The molecular formula is C17H22N2O4S. The van der Waals surface area contributed by atoms with Gasteiger partial charge in [-0.05, 0) is 44.7 Å². The van der Waals surface area contributed by atoms with E-state index in [9.17, 15) is 14.4 Å². The highest BCUT2D eigenvalue weighted by molar-refractivity contribution is 7.10. The van der Waals surface area contributed by atoms with E-state index in [1.807, 2.05) is 18.4 Å². The summed E-state index contributed by atoms with van der Waals surface area (Å²) in [7, 11) is 0. The third-order valence-corrected chi connectivity index (χ3v) is 6.18. The van der Waals surface area contributed by atoms with Crippen LogP contribution in [0.2, 0.25) is 0 Å².